The van der Waals surface area contributed by atoms with Crippen LogP contribution in [0.1, 0.15) is 41.7 Å². The lowest BCUT2D eigenvalue weighted by atomic mass is 9.91. The molecular formula is C19H25FN6O2. The van der Waals surface area contributed by atoms with E-state index in [4.69, 9.17) is 16.2 Å². The summed E-state index contributed by atoms with van der Waals surface area (Å²) in [5.74, 6) is -0.856. The van der Waals surface area contributed by atoms with Gasteiger partial charge in [-0.05, 0) is 31.9 Å². The van der Waals surface area contributed by atoms with Crippen LogP contribution in [-0.4, -0.2) is 35.1 Å². The number of rotatable bonds is 6. The van der Waals surface area contributed by atoms with E-state index in [0.717, 1.165) is 31.7 Å². The number of ether oxygens (including phenoxy) is 1. The molecule has 6 N–H and O–H groups in total. The lowest BCUT2D eigenvalue weighted by molar-refractivity contribution is 0.100. The number of aromatic nitrogens is 2. The van der Waals surface area contributed by atoms with Gasteiger partial charge in [0.05, 0.1) is 12.7 Å². The molecule has 0 unspecified atom stereocenters. The van der Waals surface area contributed by atoms with Crippen molar-refractivity contribution < 1.29 is 13.9 Å². The highest BCUT2D eigenvalue weighted by Crippen LogP contribution is 2.27. The van der Waals surface area contributed by atoms with E-state index >= 15 is 0 Å². The molecule has 0 spiro atoms. The summed E-state index contributed by atoms with van der Waals surface area (Å²) in [6, 6.07) is 4.33. The smallest absolute Gasteiger partial charge is 0.252 e. The van der Waals surface area contributed by atoms with Gasteiger partial charge in [0.2, 0.25) is 5.88 Å². The number of pyridine rings is 2. The predicted molar refractivity (Wildman–Crippen MR) is 105 cm³/mol. The van der Waals surface area contributed by atoms with Crippen molar-refractivity contribution in [1.82, 2.24) is 9.97 Å². The van der Waals surface area contributed by atoms with Crippen LogP contribution in [0.4, 0.5) is 21.7 Å². The average molecular weight is 388 g/mol. The van der Waals surface area contributed by atoms with Crippen molar-refractivity contribution in [2.24, 2.45) is 11.5 Å². The van der Waals surface area contributed by atoms with Crippen LogP contribution in [-0.2, 0) is 0 Å². The molecule has 2 heterocycles. The highest BCUT2D eigenvalue weighted by molar-refractivity contribution is 5.98. The van der Waals surface area contributed by atoms with Crippen LogP contribution in [0.5, 0.6) is 5.88 Å². The zero-order valence-corrected chi connectivity index (χ0v) is 16.0. The molecule has 1 saturated carbocycles. The van der Waals surface area contributed by atoms with Crippen LogP contribution in [0.15, 0.2) is 18.2 Å². The predicted octanol–water partition coefficient (Wildman–Crippen LogP) is 2.46. The molecule has 0 aliphatic heterocycles. The summed E-state index contributed by atoms with van der Waals surface area (Å²) >= 11 is 0. The van der Waals surface area contributed by atoms with E-state index in [1.54, 1.807) is 19.1 Å². The van der Waals surface area contributed by atoms with Gasteiger partial charge in [0.15, 0.2) is 11.6 Å². The first-order valence-electron chi connectivity index (χ1n) is 9.19. The Morgan fingerprint density at radius 3 is 2.64 bits per heavy atom. The number of amides is 1. The van der Waals surface area contributed by atoms with Gasteiger partial charge in [0.1, 0.15) is 5.82 Å². The zero-order chi connectivity index (χ0) is 20.3. The molecule has 2 atom stereocenters. The van der Waals surface area contributed by atoms with Crippen molar-refractivity contribution in [2.75, 3.05) is 17.7 Å². The number of anilines is 3. The Balaban J connectivity index is 1.94. The minimum atomic E-state index is -0.785. The number of halogens is 1. The maximum Gasteiger partial charge on any atom is 0.252 e. The fourth-order valence-electron chi connectivity index (χ4n) is 3.34. The first kappa shape index (κ1) is 19.8. The molecule has 0 bridgehead atoms. The van der Waals surface area contributed by atoms with E-state index in [1.165, 1.54) is 7.11 Å². The van der Waals surface area contributed by atoms with Gasteiger partial charge in [-0.3, -0.25) is 4.79 Å². The lowest BCUT2D eigenvalue weighted by Gasteiger charge is -2.30. The SMILES string of the molecule is COc1cc(Nc2nc(N[C@@H]3CCCC[C@@H]3N)c(F)cc2C(N)=O)cc(C)n1. The van der Waals surface area contributed by atoms with Gasteiger partial charge >= 0.3 is 0 Å². The van der Waals surface area contributed by atoms with Crippen LogP contribution in [0, 0.1) is 12.7 Å². The van der Waals surface area contributed by atoms with Crippen LogP contribution in [0.3, 0.4) is 0 Å². The summed E-state index contributed by atoms with van der Waals surface area (Å²) in [5, 5.41) is 6.10. The van der Waals surface area contributed by atoms with Gasteiger partial charge in [0, 0.05) is 29.5 Å². The molecule has 1 amide bonds. The standard InChI is InChI=1S/C19H25FN6O2/c1-10-7-11(8-16(23-10)28-2)24-18-12(17(22)27)9-13(20)19(26-18)25-15-6-4-3-5-14(15)21/h7-9,14-15H,3-6,21H2,1-2H3,(H2,22,27)(H2,23,24,25,26)/t14-,15+/m0/s1. The van der Waals surface area contributed by atoms with E-state index in [1.807, 2.05) is 0 Å². The molecule has 0 saturated heterocycles. The van der Waals surface area contributed by atoms with Crippen molar-refractivity contribution >= 4 is 23.2 Å². The van der Waals surface area contributed by atoms with Crippen LogP contribution >= 0.6 is 0 Å². The van der Waals surface area contributed by atoms with Crippen molar-refractivity contribution in [3.8, 4) is 5.88 Å². The molecule has 1 fully saturated rings. The largest absolute Gasteiger partial charge is 0.481 e. The van der Waals surface area contributed by atoms with Crippen molar-refractivity contribution in [3.63, 3.8) is 0 Å². The molecule has 150 valence electrons. The molecular weight excluding hydrogens is 363 g/mol. The highest BCUT2D eigenvalue weighted by atomic mass is 19.1. The van der Waals surface area contributed by atoms with Crippen molar-refractivity contribution in [3.05, 3.63) is 35.3 Å². The first-order valence-corrected chi connectivity index (χ1v) is 9.19. The third kappa shape index (κ3) is 4.48. The number of nitrogens with one attached hydrogen (secondary N) is 2. The molecule has 28 heavy (non-hydrogen) atoms. The molecule has 9 heteroatoms. The minimum Gasteiger partial charge on any atom is -0.481 e. The van der Waals surface area contributed by atoms with Gasteiger partial charge in [-0.1, -0.05) is 12.8 Å². The van der Waals surface area contributed by atoms with E-state index in [0.29, 0.717) is 17.3 Å². The van der Waals surface area contributed by atoms with Crippen LogP contribution in [0.2, 0.25) is 0 Å². The summed E-state index contributed by atoms with van der Waals surface area (Å²) < 4.78 is 19.7. The Kier molecular flexibility index (Phi) is 5.93. The number of aryl methyl sites for hydroxylation is 1. The van der Waals surface area contributed by atoms with E-state index in [-0.39, 0.29) is 29.3 Å². The Bertz CT molecular complexity index is 876. The van der Waals surface area contributed by atoms with Gasteiger partial charge < -0.3 is 26.8 Å². The van der Waals surface area contributed by atoms with Gasteiger partial charge in [-0.25, -0.2) is 14.4 Å². The Morgan fingerprint density at radius 1 is 1.21 bits per heavy atom. The maximum atomic E-state index is 14.6. The summed E-state index contributed by atoms with van der Waals surface area (Å²) in [5.41, 5.74) is 12.8. The number of hydrogen-bond acceptors (Lipinski definition) is 7. The second kappa shape index (κ2) is 8.39. The van der Waals surface area contributed by atoms with Crippen LogP contribution in [0.25, 0.3) is 0 Å². The number of hydrogen-bond donors (Lipinski definition) is 4. The topological polar surface area (TPSA) is 128 Å². The van der Waals surface area contributed by atoms with Gasteiger partial charge in [-0.15, -0.1) is 0 Å². The molecule has 0 aromatic carbocycles. The number of carbonyl (C=O) groups is 1. The lowest BCUT2D eigenvalue weighted by Crippen LogP contribution is -2.43. The Labute approximate surface area is 162 Å². The van der Waals surface area contributed by atoms with E-state index in [9.17, 15) is 9.18 Å². The monoisotopic (exact) mass is 388 g/mol. The quantitative estimate of drug-likeness (QED) is 0.598. The molecule has 0 radical (unpaired) electrons. The molecule has 2 aromatic rings. The Hall–Kier alpha value is -2.94. The number of methoxy groups -OCH3 is 1. The molecule has 8 nitrogen and oxygen atoms in total. The normalized spacial score (nSPS) is 19.1. The third-order valence-corrected chi connectivity index (χ3v) is 4.78. The van der Waals surface area contributed by atoms with E-state index < -0.39 is 11.7 Å². The highest BCUT2D eigenvalue weighted by Gasteiger charge is 2.24. The second-order valence-electron chi connectivity index (χ2n) is 6.94. The maximum absolute atomic E-state index is 14.6. The fraction of sp³-hybridized carbons (Fsp3) is 0.421. The molecule has 2 aromatic heterocycles. The number of carbonyl (C=O) groups excluding carboxylic acids is 1. The van der Waals surface area contributed by atoms with E-state index in [2.05, 4.69) is 20.6 Å². The number of nitrogens with two attached hydrogens (primary N) is 2. The average Bonchev–Trinajstić information content (AvgIpc) is 2.65. The Morgan fingerprint density at radius 2 is 1.96 bits per heavy atom. The van der Waals surface area contributed by atoms with Gasteiger partial charge in [-0.2, -0.15) is 0 Å². The third-order valence-electron chi connectivity index (χ3n) is 4.78. The van der Waals surface area contributed by atoms with Crippen LogP contribution < -0.4 is 26.8 Å². The molecule has 3 rings (SSSR count). The fourth-order valence-corrected chi connectivity index (χ4v) is 3.34. The first-order chi connectivity index (χ1) is 13.4. The second-order valence-corrected chi connectivity index (χ2v) is 6.94. The summed E-state index contributed by atoms with van der Waals surface area (Å²) in [4.78, 5) is 20.3. The summed E-state index contributed by atoms with van der Waals surface area (Å²) in [6.07, 6.45) is 3.79. The summed E-state index contributed by atoms with van der Waals surface area (Å²) in [7, 11) is 1.51. The number of nitrogens with zero attached hydrogens (tertiary/aromatic N) is 2. The number of primary amides is 1. The molecule has 1 aliphatic carbocycles. The zero-order valence-electron chi connectivity index (χ0n) is 16.0. The summed E-state index contributed by atoms with van der Waals surface area (Å²) in [6.45, 7) is 1.80. The molecule has 1 aliphatic rings. The van der Waals surface area contributed by atoms with Crippen molar-refractivity contribution in [1.29, 1.82) is 0 Å². The van der Waals surface area contributed by atoms with Crippen molar-refractivity contribution in [2.45, 2.75) is 44.7 Å². The van der Waals surface area contributed by atoms with Gasteiger partial charge in [0.25, 0.3) is 5.91 Å². The minimum absolute atomic E-state index is 0.0348.